The number of rotatable bonds is 5. The Bertz CT molecular complexity index is 333. The van der Waals surface area contributed by atoms with Crippen LogP contribution in [0.2, 0.25) is 0 Å². The molecule has 1 aliphatic heterocycles. The average Bonchev–Trinajstić information content (AvgIpc) is 2.57. The number of fused-ring (bicyclic) bond motifs is 1. The number of benzene rings is 1. The van der Waals surface area contributed by atoms with Crippen LogP contribution in [0.4, 0.5) is 0 Å². The number of hydrogen-bond donors (Lipinski definition) is 1. The molecule has 1 aromatic rings. The first-order chi connectivity index (χ1) is 8.75. The first-order valence-corrected chi connectivity index (χ1v) is 7.30. The van der Waals surface area contributed by atoms with E-state index in [4.69, 9.17) is 5.73 Å². The Labute approximate surface area is 111 Å². The molecule has 0 aliphatic carbocycles. The summed E-state index contributed by atoms with van der Waals surface area (Å²) >= 11 is 0. The molecule has 0 aromatic heterocycles. The van der Waals surface area contributed by atoms with E-state index in [2.05, 4.69) is 36.1 Å². The van der Waals surface area contributed by atoms with Gasteiger partial charge in [-0.05, 0) is 50.3 Å². The Morgan fingerprint density at radius 2 is 1.72 bits per heavy atom. The molecule has 2 heteroatoms. The molecule has 1 heterocycles. The van der Waals surface area contributed by atoms with Gasteiger partial charge in [-0.25, -0.2) is 0 Å². The van der Waals surface area contributed by atoms with Crippen molar-refractivity contribution in [1.82, 2.24) is 4.90 Å². The Morgan fingerprint density at radius 1 is 1.11 bits per heavy atom. The summed E-state index contributed by atoms with van der Waals surface area (Å²) in [7, 11) is 0. The molecule has 0 spiro atoms. The molecule has 2 N–H and O–H groups in total. The van der Waals surface area contributed by atoms with Gasteiger partial charge in [-0.1, -0.05) is 30.7 Å². The third-order valence-corrected chi connectivity index (χ3v) is 3.90. The highest BCUT2D eigenvalue weighted by Gasteiger charge is 2.12. The molecule has 0 saturated carbocycles. The van der Waals surface area contributed by atoms with Gasteiger partial charge in [0.2, 0.25) is 0 Å². The smallest absolute Gasteiger partial charge is 0.00221 e. The predicted octanol–water partition coefficient (Wildman–Crippen LogP) is 2.60. The van der Waals surface area contributed by atoms with E-state index in [0.717, 1.165) is 6.42 Å². The molecule has 0 bridgehead atoms. The third-order valence-electron chi connectivity index (χ3n) is 3.90. The van der Waals surface area contributed by atoms with Crippen molar-refractivity contribution < 1.29 is 0 Å². The van der Waals surface area contributed by atoms with Gasteiger partial charge in [0.25, 0.3) is 0 Å². The molecule has 1 unspecified atom stereocenters. The van der Waals surface area contributed by atoms with Crippen molar-refractivity contribution in [3.05, 3.63) is 35.4 Å². The van der Waals surface area contributed by atoms with Crippen LogP contribution in [0.5, 0.6) is 0 Å². The summed E-state index contributed by atoms with van der Waals surface area (Å²) in [5.41, 5.74) is 8.88. The van der Waals surface area contributed by atoms with E-state index in [1.54, 1.807) is 11.1 Å². The van der Waals surface area contributed by atoms with Crippen LogP contribution in [0.1, 0.15) is 37.3 Å². The Hall–Kier alpha value is -0.860. The zero-order valence-corrected chi connectivity index (χ0v) is 11.6. The van der Waals surface area contributed by atoms with E-state index in [9.17, 15) is 0 Å². The van der Waals surface area contributed by atoms with Crippen molar-refractivity contribution in [2.45, 2.75) is 45.1 Å². The zero-order chi connectivity index (χ0) is 12.8. The van der Waals surface area contributed by atoms with Gasteiger partial charge in [0.05, 0.1) is 0 Å². The Kier molecular flexibility index (Phi) is 5.21. The van der Waals surface area contributed by atoms with Gasteiger partial charge in [-0.2, -0.15) is 0 Å². The highest BCUT2D eigenvalue weighted by molar-refractivity contribution is 5.28. The maximum absolute atomic E-state index is 5.78. The maximum atomic E-state index is 5.78. The van der Waals surface area contributed by atoms with E-state index in [1.165, 1.54) is 45.3 Å². The summed E-state index contributed by atoms with van der Waals surface area (Å²) in [5.74, 6) is 0. The zero-order valence-electron chi connectivity index (χ0n) is 11.6. The lowest BCUT2D eigenvalue weighted by molar-refractivity contribution is 0.279. The molecule has 18 heavy (non-hydrogen) atoms. The second-order valence-corrected chi connectivity index (χ2v) is 5.58. The average molecular weight is 246 g/mol. The lowest BCUT2D eigenvalue weighted by Crippen LogP contribution is -2.27. The van der Waals surface area contributed by atoms with Gasteiger partial charge in [0.15, 0.2) is 0 Å². The first-order valence-electron chi connectivity index (χ1n) is 7.30. The second kappa shape index (κ2) is 6.91. The van der Waals surface area contributed by atoms with Crippen LogP contribution >= 0.6 is 0 Å². The molecule has 0 radical (unpaired) electrons. The van der Waals surface area contributed by atoms with Gasteiger partial charge >= 0.3 is 0 Å². The van der Waals surface area contributed by atoms with Crippen LogP contribution in [-0.4, -0.2) is 30.6 Å². The molecule has 0 amide bonds. The molecule has 1 atom stereocenters. The van der Waals surface area contributed by atoms with E-state index >= 15 is 0 Å². The van der Waals surface area contributed by atoms with Crippen molar-refractivity contribution in [3.63, 3.8) is 0 Å². The summed E-state index contributed by atoms with van der Waals surface area (Å²) in [6.45, 7) is 5.77. The molecule has 100 valence electrons. The van der Waals surface area contributed by atoms with Crippen molar-refractivity contribution in [2.75, 3.05) is 19.6 Å². The van der Waals surface area contributed by atoms with E-state index < -0.39 is 0 Å². The molecule has 2 nitrogen and oxygen atoms in total. The first kappa shape index (κ1) is 13.6. The number of nitrogens with two attached hydrogens (primary N) is 1. The minimum absolute atomic E-state index is 0.360. The fourth-order valence-corrected chi connectivity index (χ4v) is 2.74. The fourth-order valence-electron chi connectivity index (χ4n) is 2.74. The lowest BCUT2D eigenvalue weighted by Gasteiger charge is -2.19. The largest absolute Gasteiger partial charge is 0.328 e. The number of hydrogen-bond acceptors (Lipinski definition) is 2. The summed E-state index contributed by atoms with van der Waals surface area (Å²) in [5, 5.41) is 0. The van der Waals surface area contributed by atoms with Crippen molar-refractivity contribution in [2.24, 2.45) is 5.73 Å². The molecular formula is C16H26N2. The molecule has 0 saturated heterocycles. The van der Waals surface area contributed by atoms with Crippen LogP contribution in [-0.2, 0) is 12.8 Å². The number of nitrogens with zero attached hydrogens (tertiary/aromatic N) is 1. The van der Waals surface area contributed by atoms with Crippen molar-refractivity contribution in [1.29, 1.82) is 0 Å². The van der Waals surface area contributed by atoms with Crippen LogP contribution in [0, 0.1) is 0 Å². The van der Waals surface area contributed by atoms with E-state index in [0.29, 0.717) is 6.04 Å². The standard InChI is InChI=1S/C16H26N2/c1-14(17)6-4-5-11-18-12-9-15-7-2-3-8-16(15)10-13-18/h2-3,7-8,14H,4-6,9-13,17H2,1H3. The highest BCUT2D eigenvalue weighted by Crippen LogP contribution is 2.15. The maximum Gasteiger partial charge on any atom is 0.00221 e. The topological polar surface area (TPSA) is 29.3 Å². The highest BCUT2D eigenvalue weighted by atomic mass is 15.1. The lowest BCUT2D eigenvalue weighted by atomic mass is 10.0. The van der Waals surface area contributed by atoms with Crippen LogP contribution < -0.4 is 5.73 Å². The molecule has 1 aromatic carbocycles. The summed E-state index contributed by atoms with van der Waals surface area (Å²) in [6.07, 6.45) is 6.14. The molecular weight excluding hydrogens is 220 g/mol. The molecule has 1 aliphatic rings. The van der Waals surface area contributed by atoms with Gasteiger partial charge in [0.1, 0.15) is 0 Å². The summed E-state index contributed by atoms with van der Waals surface area (Å²) in [6, 6.07) is 9.26. The second-order valence-electron chi connectivity index (χ2n) is 5.58. The van der Waals surface area contributed by atoms with E-state index in [-0.39, 0.29) is 0 Å². The summed E-state index contributed by atoms with van der Waals surface area (Å²) < 4.78 is 0. The SMILES string of the molecule is CC(N)CCCCN1CCc2ccccc2CC1. The van der Waals surface area contributed by atoms with Crippen molar-refractivity contribution in [3.8, 4) is 0 Å². The number of unbranched alkanes of at least 4 members (excludes halogenated alkanes) is 1. The molecule has 0 fully saturated rings. The predicted molar refractivity (Wildman–Crippen MR) is 77.8 cm³/mol. The Balaban J connectivity index is 1.74. The monoisotopic (exact) mass is 246 g/mol. The van der Waals surface area contributed by atoms with Gasteiger partial charge in [0, 0.05) is 19.1 Å². The summed E-state index contributed by atoms with van der Waals surface area (Å²) in [4.78, 5) is 2.61. The van der Waals surface area contributed by atoms with Gasteiger partial charge in [-0.15, -0.1) is 0 Å². The third kappa shape index (κ3) is 4.11. The fraction of sp³-hybridized carbons (Fsp3) is 0.625. The van der Waals surface area contributed by atoms with Gasteiger partial charge < -0.3 is 10.6 Å². The van der Waals surface area contributed by atoms with Crippen LogP contribution in [0.15, 0.2) is 24.3 Å². The van der Waals surface area contributed by atoms with Crippen LogP contribution in [0.3, 0.4) is 0 Å². The minimum atomic E-state index is 0.360. The molecule has 2 rings (SSSR count). The quantitative estimate of drug-likeness (QED) is 0.809. The van der Waals surface area contributed by atoms with E-state index in [1.807, 2.05) is 0 Å². The van der Waals surface area contributed by atoms with Crippen molar-refractivity contribution >= 4 is 0 Å². The van der Waals surface area contributed by atoms with Gasteiger partial charge in [-0.3, -0.25) is 0 Å². The Morgan fingerprint density at radius 3 is 2.28 bits per heavy atom. The van der Waals surface area contributed by atoms with Crippen LogP contribution in [0.25, 0.3) is 0 Å². The minimum Gasteiger partial charge on any atom is -0.328 e. The normalized spacial score (nSPS) is 18.1.